The number of amides is 3. The first-order valence-corrected chi connectivity index (χ1v) is 23.7. The van der Waals surface area contributed by atoms with Gasteiger partial charge in [-0.05, 0) is 139 Å². The van der Waals surface area contributed by atoms with Crippen molar-refractivity contribution >= 4 is 40.3 Å². The fourth-order valence-electron chi connectivity index (χ4n) is 9.88. The van der Waals surface area contributed by atoms with E-state index in [0.29, 0.717) is 65.3 Å². The maximum absolute atomic E-state index is 13.2. The van der Waals surface area contributed by atoms with Gasteiger partial charge in [-0.15, -0.1) is 0 Å². The lowest BCUT2D eigenvalue weighted by molar-refractivity contribution is -0.134. The summed E-state index contributed by atoms with van der Waals surface area (Å²) in [7, 11) is 0. The molecule has 3 amide bonds. The number of anilines is 2. The summed E-state index contributed by atoms with van der Waals surface area (Å²) in [4.78, 5) is 55.3. The SMILES string of the molecule is CC(C)(C)n1nc(-c2noc(C3CC3)c2-c2ccc(C3CCN(C(=O)CCCCCCCN4CCC(c5ccc(NC6CCC(=O)NC6=O)cc5)CC4)CC3)cn2)c2c(N)ncnc21. The van der Waals surface area contributed by atoms with Gasteiger partial charge in [0.15, 0.2) is 5.65 Å². The molecule has 9 rings (SSSR count). The Bertz CT molecular complexity index is 2430. The number of hydrogen-bond donors (Lipinski definition) is 3. The molecule has 338 valence electrons. The summed E-state index contributed by atoms with van der Waals surface area (Å²) in [5, 5.41) is 15.9. The molecule has 4 aromatic heterocycles. The molecular weight excluding hydrogens is 807 g/mol. The zero-order valence-corrected chi connectivity index (χ0v) is 37.7. The summed E-state index contributed by atoms with van der Waals surface area (Å²) in [6.07, 6.45) is 16.9. The Morgan fingerprint density at radius 3 is 2.22 bits per heavy atom. The minimum absolute atomic E-state index is 0.196. The summed E-state index contributed by atoms with van der Waals surface area (Å²) in [6, 6.07) is 12.4. The molecule has 3 saturated heterocycles. The molecule has 4 aliphatic rings. The number of aromatic nitrogens is 6. The fourth-order valence-corrected chi connectivity index (χ4v) is 9.88. The fraction of sp³-hybridized carbons (Fsp3) is 0.551. The number of carbonyl (C=O) groups is 3. The minimum atomic E-state index is -0.360. The highest BCUT2D eigenvalue weighted by Gasteiger charge is 2.36. The normalized spacial score (nSPS) is 19.4. The molecule has 15 heteroatoms. The number of nitrogen functional groups attached to an aromatic ring is 1. The molecule has 64 heavy (non-hydrogen) atoms. The van der Waals surface area contributed by atoms with Crippen molar-refractivity contribution in [3.63, 3.8) is 0 Å². The molecule has 0 radical (unpaired) electrons. The quantitative estimate of drug-likeness (QED) is 0.0682. The summed E-state index contributed by atoms with van der Waals surface area (Å²) >= 11 is 0. The largest absolute Gasteiger partial charge is 0.383 e. The number of carbonyl (C=O) groups excluding carboxylic acids is 3. The van der Waals surface area contributed by atoms with Crippen molar-refractivity contribution in [2.24, 2.45) is 0 Å². The van der Waals surface area contributed by atoms with E-state index in [1.54, 1.807) is 0 Å². The number of nitrogens with one attached hydrogen (secondary N) is 2. The molecule has 1 aliphatic carbocycles. The second kappa shape index (κ2) is 18.8. The van der Waals surface area contributed by atoms with Crippen molar-refractivity contribution in [3.8, 4) is 22.6 Å². The number of unbranched alkanes of at least 4 members (excludes halogenated alkanes) is 4. The van der Waals surface area contributed by atoms with E-state index in [9.17, 15) is 14.4 Å². The molecule has 1 unspecified atom stereocenters. The van der Waals surface area contributed by atoms with Crippen LogP contribution in [-0.4, -0.2) is 96.2 Å². The van der Waals surface area contributed by atoms with Crippen LogP contribution in [0.1, 0.15) is 145 Å². The zero-order valence-electron chi connectivity index (χ0n) is 37.7. The van der Waals surface area contributed by atoms with E-state index >= 15 is 0 Å². The van der Waals surface area contributed by atoms with Crippen LogP contribution in [-0.2, 0) is 19.9 Å². The monoisotopic (exact) mass is 870 g/mol. The molecular formula is C49H63N11O4. The zero-order chi connectivity index (χ0) is 44.4. The summed E-state index contributed by atoms with van der Waals surface area (Å²) in [6.45, 7) is 11.2. The Morgan fingerprint density at radius 2 is 1.52 bits per heavy atom. The number of imide groups is 1. The van der Waals surface area contributed by atoms with E-state index in [0.717, 1.165) is 107 Å². The van der Waals surface area contributed by atoms with Crippen LogP contribution >= 0.6 is 0 Å². The molecule has 4 fully saturated rings. The molecule has 1 saturated carbocycles. The number of nitrogens with two attached hydrogens (primary N) is 1. The van der Waals surface area contributed by atoms with Gasteiger partial charge in [0, 0.05) is 43.7 Å². The molecule has 0 bridgehead atoms. The van der Waals surface area contributed by atoms with Crippen molar-refractivity contribution in [1.82, 2.24) is 45.0 Å². The lowest BCUT2D eigenvalue weighted by Crippen LogP contribution is -2.47. The van der Waals surface area contributed by atoms with Crippen molar-refractivity contribution in [3.05, 3.63) is 65.8 Å². The molecule has 15 nitrogen and oxygen atoms in total. The second-order valence-corrected chi connectivity index (χ2v) is 19.5. The van der Waals surface area contributed by atoms with Gasteiger partial charge in [-0.25, -0.2) is 14.6 Å². The van der Waals surface area contributed by atoms with Crippen LogP contribution < -0.4 is 16.4 Å². The second-order valence-electron chi connectivity index (χ2n) is 19.5. The Morgan fingerprint density at radius 1 is 0.812 bits per heavy atom. The van der Waals surface area contributed by atoms with E-state index < -0.39 is 0 Å². The van der Waals surface area contributed by atoms with E-state index in [2.05, 4.69) is 92.7 Å². The summed E-state index contributed by atoms with van der Waals surface area (Å²) < 4.78 is 7.91. The highest BCUT2D eigenvalue weighted by molar-refractivity contribution is 6.02. The standard InChI is InChI=1S/C49H63N11O4/c1-49(2,3)60-47-42(46(50)52-30-53-47)43(56-60)44-41(45(64-57-44)34-10-11-34)37-17-14-35(29-51-37)33-22-27-59(28-23-33)40(62)9-7-5-4-6-8-24-58-25-20-32(21-26-58)31-12-15-36(16-13-31)54-38-18-19-39(61)55-48(38)63/h12-17,29-30,32-34,38,54H,4-11,18-28H2,1-3H3,(H2,50,52,53)(H,55,61,63). The summed E-state index contributed by atoms with van der Waals surface area (Å²) in [5.74, 6) is 2.26. The average molecular weight is 870 g/mol. The Hall–Kier alpha value is -5.70. The first-order chi connectivity index (χ1) is 31.0. The average Bonchev–Trinajstić information content (AvgIpc) is 3.92. The molecule has 4 N–H and O–H groups in total. The third-order valence-corrected chi connectivity index (χ3v) is 13.8. The predicted octanol–water partition coefficient (Wildman–Crippen LogP) is 7.90. The Labute approximate surface area is 375 Å². The lowest BCUT2D eigenvalue weighted by Gasteiger charge is -2.32. The van der Waals surface area contributed by atoms with E-state index in [-0.39, 0.29) is 29.3 Å². The number of pyridine rings is 1. The van der Waals surface area contributed by atoms with Gasteiger partial charge in [0.25, 0.3) is 0 Å². The number of nitrogens with zero attached hydrogens (tertiary/aromatic N) is 8. The van der Waals surface area contributed by atoms with Gasteiger partial charge >= 0.3 is 0 Å². The van der Waals surface area contributed by atoms with E-state index in [1.807, 2.05) is 10.9 Å². The number of benzene rings is 1. The molecule has 1 aromatic carbocycles. The number of likely N-dealkylation sites (tertiary alicyclic amines) is 2. The minimum Gasteiger partial charge on any atom is -0.383 e. The predicted molar refractivity (Wildman–Crippen MR) is 246 cm³/mol. The third kappa shape index (κ3) is 9.69. The van der Waals surface area contributed by atoms with Crippen LogP contribution in [0.5, 0.6) is 0 Å². The van der Waals surface area contributed by atoms with E-state index in [4.69, 9.17) is 20.3 Å². The van der Waals surface area contributed by atoms with Crippen LogP contribution in [0.4, 0.5) is 11.5 Å². The first-order valence-electron chi connectivity index (χ1n) is 23.7. The van der Waals surface area contributed by atoms with Crippen molar-refractivity contribution in [2.45, 2.75) is 140 Å². The number of rotatable bonds is 15. The van der Waals surface area contributed by atoms with Gasteiger partial charge in [0.2, 0.25) is 17.7 Å². The smallest absolute Gasteiger partial charge is 0.249 e. The van der Waals surface area contributed by atoms with Gasteiger partial charge in [0.1, 0.15) is 35.3 Å². The van der Waals surface area contributed by atoms with Crippen LogP contribution in [0.2, 0.25) is 0 Å². The summed E-state index contributed by atoms with van der Waals surface area (Å²) in [5.41, 5.74) is 13.1. The van der Waals surface area contributed by atoms with Gasteiger partial charge < -0.3 is 25.4 Å². The third-order valence-electron chi connectivity index (χ3n) is 13.8. The first kappa shape index (κ1) is 43.5. The van der Waals surface area contributed by atoms with Crippen molar-refractivity contribution in [1.29, 1.82) is 0 Å². The van der Waals surface area contributed by atoms with Gasteiger partial charge in [0.05, 0.1) is 22.2 Å². The Kier molecular flexibility index (Phi) is 12.8. The lowest BCUT2D eigenvalue weighted by atomic mass is 9.89. The molecule has 7 heterocycles. The highest BCUT2D eigenvalue weighted by atomic mass is 16.5. The Balaban J connectivity index is 0.686. The maximum atomic E-state index is 13.2. The van der Waals surface area contributed by atoms with Gasteiger partial charge in [-0.2, -0.15) is 5.10 Å². The van der Waals surface area contributed by atoms with Crippen LogP contribution in [0.25, 0.3) is 33.7 Å². The van der Waals surface area contributed by atoms with Crippen LogP contribution in [0.3, 0.4) is 0 Å². The molecule has 0 spiro atoms. The van der Waals surface area contributed by atoms with Gasteiger partial charge in [-0.3, -0.25) is 24.7 Å². The van der Waals surface area contributed by atoms with E-state index in [1.165, 1.54) is 36.7 Å². The van der Waals surface area contributed by atoms with Crippen LogP contribution in [0, 0.1) is 0 Å². The molecule has 5 aromatic rings. The number of piperidine rings is 3. The number of hydrogen-bond acceptors (Lipinski definition) is 12. The topological polar surface area (TPSA) is 190 Å². The molecule has 1 atom stereocenters. The van der Waals surface area contributed by atoms with Crippen LogP contribution in [0.15, 0.2) is 53.4 Å². The van der Waals surface area contributed by atoms with Crippen molar-refractivity contribution in [2.75, 3.05) is 43.8 Å². The highest BCUT2D eigenvalue weighted by Crippen LogP contribution is 2.48. The molecule has 3 aliphatic heterocycles. The number of fused-ring (bicyclic) bond motifs is 1. The van der Waals surface area contributed by atoms with Crippen molar-refractivity contribution < 1.29 is 18.9 Å². The maximum Gasteiger partial charge on any atom is 0.249 e. The van der Waals surface area contributed by atoms with Gasteiger partial charge in [-0.1, -0.05) is 42.6 Å².